The highest BCUT2D eigenvalue weighted by molar-refractivity contribution is 9.10. The molecule has 1 aromatic heterocycles. The Bertz CT molecular complexity index is 740. The van der Waals surface area contributed by atoms with Gasteiger partial charge in [0.15, 0.2) is 0 Å². The summed E-state index contributed by atoms with van der Waals surface area (Å²) in [6.07, 6.45) is 2.03. The van der Waals surface area contributed by atoms with Gasteiger partial charge in [-0.2, -0.15) is 0 Å². The van der Waals surface area contributed by atoms with Gasteiger partial charge in [0.1, 0.15) is 5.75 Å². The quantitative estimate of drug-likeness (QED) is 0.464. The second-order valence-corrected chi connectivity index (χ2v) is 7.29. The van der Waals surface area contributed by atoms with E-state index in [-0.39, 0.29) is 11.4 Å². The molecular weight excluding hydrogens is 378 g/mol. The molecule has 1 heterocycles. The molecule has 126 valence electrons. The van der Waals surface area contributed by atoms with E-state index >= 15 is 0 Å². The van der Waals surface area contributed by atoms with Crippen LogP contribution in [0.2, 0.25) is 0 Å². The van der Waals surface area contributed by atoms with Gasteiger partial charge < -0.3 is 9.30 Å². The molecular formula is C18H23BrClNO2. The Morgan fingerprint density at radius 3 is 2.65 bits per heavy atom. The van der Waals surface area contributed by atoms with Crippen molar-refractivity contribution in [2.45, 2.75) is 46.0 Å². The van der Waals surface area contributed by atoms with Crippen molar-refractivity contribution in [3.05, 3.63) is 38.7 Å². The number of ether oxygens (including phenoxy) is 1. The van der Waals surface area contributed by atoms with E-state index in [0.29, 0.717) is 24.5 Å². The van der Waals surface area contributed by atoms with Gasteiger partial charge in [0, 0.05) is 16.4 Å². The molecule has 0 saturated heterocycles. The Balaban J connectivity index is 2.72. The van der Waals surface area contributed by atoms with Crippen molar-refractivity contribution < 1.29 is 4.74 Å². The minimum atomic E-state index is -0.000286. The summed E-state index contributed by atoms with van der Waals surface area (Å²) in [6, 6.07) is 5.68. The average molecular weight is 401 g/mol. The molecule has 0 radical (unpaired) electrons. The smallest absolute Gasteiger partial charge is 0.258 e. The third kappa shape index (κ3) is 4.10. The topological polar surface area (TPSA) is 31.2 Å². The molecule has 0 atom stereocenters. The molecule has 23 heavy (non-hydrogen) atoms. The Kier molecular flexibility index (Phi) is 6.54. The molecule has 0 unspecified atom stereocenters. The number of halogens is 2. The van der Waals surface area contributed by atoms with Gasteiger partial charge in [-0.25, -0.2) is 0 Å². The zero-order valence-electron chi connectivity index (χ0n) is 13.9. The fraction of sp³-hybridized carbons (Fsp3) is 0.500. The molecule has 2 aromatic rings. The minimum Gasteiger partial charge on any atom is -0.491 e. The second kappa shape index (κ2) is 8.20. The van der Waals surface area contributed by atoms with Crippen LogP contribution >= 0.6 is 27.5 Å². The molecule has 0 amide bonds. The van der Waals surface area contributed by atoms with Crippen molar-refractivity contribution in [2.75, 3.05) is 6.61 Å². The Labute approximate surface area is 150 Å². The summed E-state index contributed by atoms with van der Waals surface area (Å²) in [7, 11) is 0. The van der Waals surface area contributed by atoms with Crippen molar-refractivity contribution in [1.29, 1.82) is 0 Å². The molecule has 0 spiro atoms. The Hall–Kier alpha value is -1.000. The highest BCUT2D eigenvalue weighted by atomic mass is 79.9. The summed E-state index contributed by atoms with van der Waals surface area (Å²) in [5.41, 5.74) is 0.770. The van der Waals surface area contributed by atoms with Crippen LogP contribution in [0, 0.1) is 5.92 Å². The predicted octanol–water partition coefficient (Wildman–Crippen LogP) is 5.34. The largest absolute Gasteiger partial charge is 0.491 e. The lowest BCUT2D eigenvalue weighted by Gasteiger charge is -2.20. The van der Waals surface area contributed by atoms with Crippen molar-refractivity contribution in [2.24, 2.45) is 5.92 Å². The maximum Gasteiger partial charge on any atom is 0.258 e. The van der Waals surface area contributed by atoms with Gasteiger partial charge in [-0.1, -0.05) is 43.1 Å². The van der Waals surface area contributed by atoms with Gasteiger partial charge in [0.25, 0.3) is 5.56 Å². The molecule has 1 aromatic carbocycles. The maximum absolute atomic E-state index is 12.9. The van der Waals surface area contributed by atoms with Crippen molar-refractivity contribution in [3.8, 4) is 5.75 Å². The van der Waals surface area contributed by atoms with Gasteiger partial charge in [-0.15, -0.1) is 11.6 Å². The normalized spacial score (nSPS) is 11.4. The molecule has 2 rings (SSSR count). The van der Waals surface area contributed by atoms with Crippen LogP contribution in [0.3, 0.4) is 0 Å². The van der Waals surface area contributed by atoms with Crippen LogP contribution in [0.25, 0.3) is 10.8 Å². The standard InChI is InChI=1S/C18H23BrClNO2/c1-4-5-8-23-17-15-9-13(19)6-7-14(15)18(22)21(11-12(2)3)16(17)10-20/h6-7,9,12H,4-5,8,10-11H2,1-3H3. The SMILES string of the molecule is CCCCOc1c(CCl)n(CC(C)C)c(=O)c2ccc(Br)cc12. The lowest BCUT2D eigenvalue weighted by atomic mass is 10.1. The van der Waals surface area contributed by atoms with Gasteiger partial charge in [-0.05, 0) is 30.5 Å². The summed E-state index contributed by atoms with van der Waals surface area (Å²) in [5, 5.41) is 1.50. The number of alkyl halides is 1. The molecule has 0 N–H and O–H groups in total. The van der Waals surface area contributed by atoms with E-state index in [1.807, 2.05) is 18.2 Å². The Morgan fingerprint density at radius 2 is 2.04 bits per heavy atom. The fourth-order valence-electron chi connectivity index (χ4n) is 2.61. The van der Waals surface area contributed by atoms with E-state index in [2.05, 4.69) is 36.7 Å². The number of unbranched alkanes of at least 4 members (excludes halogenated alkanes) is 1. The molecule has 0 aliphatic heterocycles. The van der Waals surface area contributed by atoms with E-state index in [9.17, 15) is 4.79 Å². The monoisotopic (exact) mass is 399 g/mol. The summed E-state index contributed by atoms with van der Waals surface area (Å²) in [4.78, 5) is 12.9. The van der Waals surface area contributed by atoms with Crippen LogP contribution in [-0.4, -0.2) is 11.2 Å². The van der Waals surface area contributed by atoms with E-state index in [4.69, 9.17) is 16.3 Å². The Morgan fingerprint density at radius 1 is 1.30 bits per heavy atom. The van der Waals surface area contributed by atoms with E-state index in [1.54, 1.807) is 4.57 Å². The highest BCUT2D eigenvalue weighted by Crippen LogP contribution is 2.31. The number of pyridine rings is 1. The number of rotatable bonds is 7. The zero-order valence-corrected chi connectivity index (χ0v) is 16.2. The van der Waals surface area contributed by atoms with E-state index in [1.165, 1.54) is 0 Å². The lowest BCUT2D eigenvalue weighted by molar-refractivity contribution is 0.305. The zero-order chi connectivity index (χ0) is 17.0. The third-order valence-corrected chi connectivity index (χ3v) is 4.45. The molecule has 0 bridgehead atoms. The summed E-state index contributed by atoms with van der Waals surface area (Å²) in [6.45, 7) is 7.57. The number of hydrogen-bond donors (Lipinski definition) is 0. The third-order valence-electron chi connectivity index (χ3n) is 3.71. The van der Waals surface area contributed by atoms with Gasteiger partial charge in [-0.3, -0.25) is 4.79 Å². The summed E-state index contributed by atoms with van der Waals surface area (Å²) in [5.74, 6) is 1.35. The maximum atomic E-state index is 12.9. The first kappa shape index (κ1) is 18.3. The van der Waals surface area contributed by atoms with Gasteiger partial charge in [0.05, 0.1) is 23.6 Å². The molecule has 5 heteroatoms. The van der Waals surface area contributed by atoms with E-state index < -0.39 is 0 Å². The first-order chi connectivity index (χ1) is 11.0. The molecule has 3 nitrogen and oxygen atoms in total. The highest BCUT2D eigenvalue weighted by Gasteiger charge is 2.18. The van der Waals surface area contributed by atoms with Crippen LogP contribution in [0.4, 0.5) is 0 Å². The first-order valence-corrected chi connectivity index (χ1v) is 9.36. The predicted molar refractivity (Wildman–Crippen MR) is 101 cm³/mol. The minimum absolute atomic E-state index is 0.000286. The van der Waals surface area contributed by atoms with Crippen LogP contribution < -0.4 is 10.3 Å². The molecule has 0 aliphatic carbocycles. The van der Waals surface area contributed by atoms with Crippen LogP contribution in [0.15, 0.2) is 27.5 Å². The van der Waals surface area contributed by atoms with Gasteiger partial charge in [0.2, 0.25) is 0 Å². The fourth-order valence-corrected chi connectivity index (χ4v) is 3.23. The number of nitrogens with zero attached hydrogens (tertiary/aromatic N) is 1. The van der Waals surface area contributed by atoms with Crippen molar-refractivity contribution in [3.63, 3.8) is 0 Å². The van der Waals surface area contributed by atoms with E-state index in [0.717, 1.165) is 34.1 Å². The number of aromatic nitrogens is 1. The number of hydrogen-bond acceptors (Lipinski definition) is 2. The molecule has 0 fully saturated rings. The number of fused-ring (bicyclic) bond motifs is 1. The molecule has 0 saturated carbocycles. The second-order valence-electron chi connectivity index (χ2n) is 6.11. The summed E-state index contributed by atoms with van der Waals surface area (Å²) < 4.78 is 8.74. The molecule has 0 aliphatic rings. The lowest BCUT2D eigenvalue weighted by Crippen LogP contribution is -2.26. The van der Waals surface area contributed by atoms with Crippen LogP contribution in [0.1, 0.15) is 39.3 Å². The van der Waals surface area contributed by atoms with Crippen molar-refractivity contribution >= 4 is 38.3 Å². The summed E-state index contributed by atoms with van der Waals surface area (Å²) >= 11 is 9.68. The van der Waals surface area contributed by atoms with Crippen LogP contribution in [-0.2, 0) is 12.4 Å². The van der Waals surface area contributed by atoms with Crippen LogP contribution in [0.5, 0.6) is 5.75 Å². The average Bonchev–Trinajstić information content (AvgIpc) is 2.51. The van der Waals surface area contributed by atoms with Gasteiger partial charge >= 0.3 is 0 Å². The van der Waals surface area contributed by atoms with Crippen molar-refractivity contribution in [1.82, 2.24) is 4.57 Å². The number of benzene rings is 1. The first-order valence-electron chi connectivity index (χ1n) is 8.03.